The van der Waals surface area contributed by atoms with Crippen LogP contribution in [0, 0.1) is 5.92 Å². The molecule has 1 amide bonds. The molecule has 18 heavy (non-hydrogen) atoms. The number of carbonyl (C=O) groups excluding carboxylic acids is 1. The van der Waals surface area contributed by atoms with E-state index in [0.717, 1.165) is 12.8 Å². The largest absolute Gasteiger partial charge is 0.480 e. The smallest absolute Gasteiger partial charge is 0.411 e. The average Bonchev–Trinajstić information content (AvgIpc) is 2.92. The van der Waals surface area contributed by atoms with Gasteiger partial charge < -0.3 is 9.84 Å². The number of carbonyl (C=O) groups is 2. The Bertz CT molecular complexity index is 328. The monoisotopic (exact) mass is 257 g/mol. The van der Waals surface area contributed by atoms with Crippen LogP contribution < -0.4 is 0 Å². The number of amides is 1. The van der Waals surface area contributed by atoms with Crippen LogP contribution in [0.15, 0.2) is 0 Å². The molecule has 1 atom stereocenters. The van der Waals surface area contributed by atoms with Crippen molar-refractivity contribution in [1.29, 1.82) is 0 Å². The fourth-order valence-corrected chi connectivity index (χ4v) is 1.92. The van der Waals surface area contributed by atoms with Gasteiger partial charge in [0.1, 0.15) is 11.6 Å². The van der Waals surface area contributed by atoms with E-state index in [1.807, 2.05) is 13.8 Å². The molecule has 0 heterocycles. The molecule has 1 saturated carbocycles. The minimum absolute atomic E-state index is 0.0671. The second kappa shape index (κ2) is 5.16. The number of carboxylic acids is 1. The highest BCUT2D eigenvalue weighted by molar-refractivity contribution is 5.81. The van der Waals surface area contributed by atoms with Gasteiger partial charge in [-0.2, -0.15) is 0 Å². The summed E-state index contributed by atoms with van der Waals surface area (Å²) in [7, 11) is 0. The molecular formula is C13H23NO4. The third-order valence-corrected chi connectivity index (χ3v) is 2.78. The molecule has 0 aliphatic heterocycles. The zero-order valence-corrected chi connectivity index (χ0v) is 11.8. The first-order chi connectivity index (χ1) is 8.13. The van der Waals surface area contributed by atoms with Crippen molar-refractivity contribution in [3.8, 4) is 0 Å². The van der Waals surface area contributed by atoms with E-state index in [1.54, 1.807) is 20.8 Å². The van der Waals surface area contributed by atoms with E-state index in [0.29, 0.717) is 0 Å². The summed E-state index contributed by atoms with van der Waals surface area (Å²) in [6.45, 7) is 8.94. The molecule has 5 heteroatoms. The van der Waals surface area contributed by atoms with Crippen molar-refractivity contribution in [2.45, 2.75) is 65.1 Å². The van der Waals surface area contributed by atoms with Crippen LogP contribution in [0.5, 0.6) is 0 Å². The molecule has 0 bridgehead atoms. The van der Waals surface area contributed by atoms with Crippen molar-refractivity contribution in [2.24, 2.45) is 5.92 Å². The van der Waals surface area contributed by atoms with Crippen LogP contribution in [0.2, 0.25) is 0 Å². The summed E-state index contributed by atoms with van der Waals surface area (Å²) >= 11 is 0. The van der Waals surface area contributed by atoms with Gasteiger partial charge in [0, 0.05) is 6.04 Å². The fourth-order valence-electron chi connectivity index (χ4n) is 1.92. The zero-order chi connectivity index (χ0) is 14.1. The Kier molecular flexibility index (Phi) is 4.24. The first kappa shape index (κ1) is 14.8. The molecule has 1 fully saturated rings. The lowest BCUT2D eigenvalue weighted by molar-refractivity contribution is -0.144. The molecule has 0 spiro atoms. The van der Waals surface area contributed by atoms with E-state index in [-0.39, 0.29) is 12.0 Å². The predicted molar refractivity (Wildman–Crippen MR) is 67.4 cm³/mol. The Hall–Kier alpha value is -1.26. The number of carboxylic acid groups (broad SMARTS) is 1. The Balaban J connectivity index is 2.87. The van der Waals surface area contributed by atoms with Crippen molar-refractivity contribution in [2.75, 3.05) is 0 Å². The van der Waals surface area contributed by atoms with Crippen LogP contribution in [0.1, 0.15) is 47.5 Å². The highest BCUT2D eigenvalue weighted by atomic mass is 16.6. The normalized spacial score (nSPS) is 17.4. The van der Waals surface area contributed by atoms with Gasteiger partial charge in [-0.1, -0.05) is 0 Å². The summed E-state index contributed by atoms with van der Waals surface area (Å²) in [6.07, 6.45) is 1.18. The van der Waals surface area contributed by atoms with E-state index in [1.165, 1.54) is 4.90 Å². The summed E-state index contributed by atoms with van der Waals surface area (Å²) < 4.78 is 5.29. The van der Waals surface area contributed by atoms with Gasteiger partial charge in [0.2, 0.25) is 0 Å². The molecule has 5 nitrogen and oxygen atoms in total. The van der Waals surface area contributed by atoms with Crippen molar-refractivity contribution < 1.29 is 19.4 Å². The number of aliphatic carboxylic acids is 1. The molecule has 1 rings (SSSR count). The Morgan fingerprint density at radius 2 is 1.78 bits per heavy atom. The third kappa shape index (κ3) is 3.89. The second-order valence-electron chi connectivity index (χ2n) is 6.10. The lowest BCUT2D eigenvalue weighted by Gasteiger charge is -2.34. The van der Waals surface area contributed by atoms with Crippen LogP contribution in [-0.2, 0) is 9.53 Å². The van der Waals surface area contributed by atoms with Crippen LogP contribution in [-0.4, -0.2) is 39.8 Å². The minimum Gasteiger partial charge on any atom is -0.480 e. The molecule has 1 aliphatic carbocycles. The Morgan fingerprint density at radius 1 is 1.28 bits per heavy atom. The standard InChI is InChI=1S/C13H23NO4/c1-8(2)14(12(17)18-13(3,4)5)10(11(15)16)9-6-7-9/h8-10H,6-7H2,1-5H3,(H,15,16). The SMILES string of the molecule is CC(C)N(C(=O)OC(C)(C)C)C(C(=O)O)C1CC1. The maximum atomic E-state index is 12.1. The number of ether oxygens (including phenoxy) is 1. The molecule has 0 aromatic heterocycles. The fraction of sp³-hybridized carbons (Fsp3) is 0.846. The van der Waals surface area contributed by atoms with E-state index in [2.05, 4.69) is 0 Å². The zero-order valence-electron chi connectivity index (χ0n) is 11.8. The molecule has 1 N–H and O–H groups in total. The molecule has 0 aromatic carbocycles. The molecule has 1 aliphatic rings. The summed E-state index contributed by atoms with van der Waals surface area (Å²) in [5.41, 5.74) is -0.614. The minimum atomic E-state index is -0.947. The summed E-state index contributed by atoms with van der Waals surface area (Å²) in [5.74, 6) is -0.880. The van der Waals surface area contributed by atoms with Gasteiger partial charge in [-0.25, -0.2) is 9.59 Å². The van der Waals surface area contributed by atoms with Crippen molar-refractivity contribution in [3.63, 3.8) is 0 Å². The lowest BCUT2D eigenvalue weighted by Crippen LogP contribution is -2.51. The molecule has 0 aromatic rings. The first-order valence-corrected chi connectivity index (χ1v) is 6.37. The third-order valence-electron chi connectivity index (χ3n) is 2.78. The maximum Gasteiger partial charge on any atom is 0.411 e. The van der Waals surface area contributed by atoms with Gasteiger partial charge in [-0.15, -0.1) is 0 Å². The highest BCUT2D eigenvalue weighted by Gasteiger charge is 2.44. The topological polar surface area (TPSA) is 66.8 Å². The highest BCUT2D eigenvalue weighted by Crippen LogP contribution is 2.36. The van der Waals surface area contributed by atoms with E-state index >= 15 is 0 Å². The Labute approximate surface area is 108 Å². The Morgan fingerprint density at radius 3 is 2.06 bits per heavy atom. The molecule has 0 saturated heterocycles. The van der Waals surface area contributed by atoms with Crippen LogP contribution in [0.3, 0.4) is 0 Å². The van der Waals surface area contributed by atoms with Gasteiger partial charge in [0.15, 0.2) is 0 Å². The summed E-state index contributed by atoms with van der Waals surface area (Å²) in [5, 5.41) is 9.30. The van der Waals surface area contributed by atoms with E-state index in [4.69, 9.17) is 4.74 Å². The first-order valence-electron chi connectivity index (χ1n) is 6.37. The number of nitrogens with zero attached hydrogens (tertiary/aromatic N) is 1. The van der Waals surface area contributed by atoms with Gasteiger partial charge >= 0.3 is 12.1 Å². The quantitative estimate of drug-likeness (QED) is 0.840. The number of rotatable bonds is 4. The molecule has 0 radical (unpaired) electrons. The molecule has 104 valence electrons. The van der Waals surface area contributed by atoms with Crippen LogP contribution in [0.4, 0.5) is 4.79 Å². The van der Waals surface area contributed by atoms with Crippen molar-refractivity contribution in [1.82, 2.24) is 4.90 Å². The molecule has 1 unspecified atom stereocenters. The summed E-state index contributed by atoms with van der Waals surface area (Å²) in [6, 6.07) is -0.957. The van der Waals surface area contributed by atoms with E-state index < -0.39 is 23.7 Å². The van der Waals surface area contributed by atoms with Crippen molar-refractivity contribution >= 4 is 12.1 Å². The van der Waals surface area contributed by atoms with Crippen LogP contribution in [0.25, 0.3) is 0 Å². The second-order valence-corrected chi connectivity index (χ2v) is 6.10. The van der Waals surface area contributed by atoms with Gasteiger partial charge in [0.05, 0.1) is 0 Å². The maximum absolute atomic E-state index is 12.1. The van der Waals surface area contributed by atoms with Gasteiger partial charge in [-0.3, -0.25) is 4.90 Å². The van der Waals surface area contributed by atoms with Crippen LogP contribution >= 0.6 is 0 Å². The van der Waals surface area contributed by atoms with E-state index in [9.17, 15) is 14.7 Å². The summed E-state index contributed by atoms with van der Waals surface area (Å²) in [4.78, 5) is 24.8. The van der Waals surface area contributed by atoms with Gasteiger partial charge in [0.25, 0.3) is 0 Å². The van der Waals surface area contributed by atoms with Gasteiger partial charge in [-0.05, 0) is 53.4 Å². The average molecular weight is 257 g/mol. The van der Waals surface area contributed by atoms with Crippen molar-refractivity contribution in [3.05, 3.63) is 0 Å². The number of hydrogen-bond acceptors (Lipinski definition) is 3. The molecular weight excluding hydrogens is 234 g/mol. The lowest BCUT2D eigenvalue weighted by atomic mass is 10.1. The number of hydrogen-bond donors (Lipinski definition) is 1. The predicted octanol–water partition coefficient (Wildman–Crippen LogP) is 2.50.